The van der Waals surface area contributed by atoms with Crippen LogP contribution in [0.25, 0.3) is 0 Å². The van der Waals surface area contributed by atoms with Gasteiger partial charge in [-0.15, -0.1) is 0 Å². The molecule has 2 aromatic rings. The summed E-state index contributed by atoms with van der Waals surface area (Å²) >= 11 is 11.7. The normalized spacial score (nSPS) is 11.4. The number of hydrogen-bond donors (Lipinski definition) is 1. The van der Waals surface area contributed by atoms with Gasteiger partial charge in [-0.2, -0.15) is 0 Å². The van der Waals surface area contributed by atoms with E-state index >= 15 is 0 Å². The molecule has 1 aromatic carbocycles. The summed E-state index contributed by atoms with van der Waals surface area (Å²) < 4.78 is 15.4. The number of nitrogens with one attached hydrogen (secondary N) is 1. The van der Waals surface area contributed by atoms with E-state index in [1.54, 1.807) is 6.07 Å². The Labute approximate surface area is 160 Å². The van der Waals surface area contributed by atoms with Crippen LogP contribution in [0.4, 0.5) is 5.82 Å². The monoisotopic (exact) mass is 398 g/mol. The van der Waals surface area contributed by atoms with Crippen LogP contribution in [0, 0.1) is 0 Å². The molecule has 1 N–H and O–H groups in total. The number of hydrogen-bond acceptors (Lipinski definition) is 6. The smallest absolute Gasteiger partial charge is 0.339 e. The van der Waals surface area contributed by atoms with E-state index in [9.17, 15) is 9.59 Å². The van der Waals surface area contributed by atoms with Crippen molar-refractivity contribution in [3.8, 4) is 11.5 Å². The van der Waals surface area contributed by atoms with Crippen molar-refractivity contribution in [2.45, 2.75) is 13.0 Å². The lowest BCUT2D eigenvalue weighted by Crippen LogP contribution is -2.30. The van der Waals surface area contributed by atoms with E-state index in [0.717, 1.165) is 0 Å². The molecule has 9 heteroatoms. The molecule has 7 nitrogen and oxygen atoms in total. The third kappa shape index (κ3) is 5.00. The van der Waals surface area contributed by atoms with Crippen LogP contribution < -0.4 is 14.8 Å². The summed E-state index contributed by atoms with van der Waals surface area (Å²) in [6, 6.07) is 6.01. The summed E-state index contributed by atoms with van der Waals surface area (Å²) in [5.74, 6) is -0.340. The van der Waals surface area contributed by atoms with Gasteiger partial charge in [0, 0.05) is 12.3 Å². The van der Waals surface area contributed by atoms with Crippen molar-refractivity contribution in [2.75, 3.05) is 19.5 Å². The number of carbonyl (C=O) groups excluding carboxylic acids is 2. The van der Waals surface area contributed by atoms with Crippen LogP contribution in [0.2, 0.25) is 10.0 Å². The van der Waals surface area contributed by atoms with Crippen LogP contribution >= 0.6 is 23.2 Å². The molecule has 1 heterocycles. The molecule has 1 atom stereocenters. The van der Waals surface area contributed by atoms with Crippen LogP contribution in [-0.2, 0) is 9.53 Å². The molecule has 0 bridgehead atoms. The molecular formula is C17H16Cl2N2O5. The number of ether oxygens (including phenoxy) is 3. The standard InChI is InChI=1S/C17H16Cl2N2O5/c1-9(16(22)21-15-14(19)6-11(18)8-20-15)26-17(23)10-4-12(24-2)7-13(5-10)25-3/h4-9H,1-3H3,(H,20,21,22)/t9-/m1/s1. The van der Waals surface area contributed by atoms with Crippen molar-refractivity contribution in [1.29, 1.82) is 0 Å². The largest absolute Gasteiger partial charge is 0.497 e. The molecule has 1 amide bonds. The topological polar surface area (TPSA) is 86.8 Å². The lowest BCUT2D eigenvalue weighted by atomic mass is 10.2. The summed E-state index contributed by atoms with van der Waals surface area (Å²) in [7, 11) is 2.92. The Morgan fingerprint density at radius 2 is 1.69 bits per heavy atom. The van der Waals surface area contributed by atoms with Gasteiger partial charge in [-0.25, -0.2) is 9.78 Å². The average molecular weight is 399 g/mol. The first-order valence-electron chi connectivity index (χ1n) is 7.40. The Morgan fingerprint density at radius 3 is 2.23 bits per heavy atom. The predicted molar refractivity (Wildman–Crippen MR) is 97.3 cm³/mol. The maximum Gasteiger partial charge on any atom is 0.339 e. The Balaban J connectivity index is 2.07. The third-order valence-corrected chi connectivity index (χ3v) is 3.78. The molecule has 0 aliphatic carbocycles. The lowest BCUT2D eigenvalue weighted by Gasteiger charge is -2.14. The van der Waals surface area contributed by atoms with Gasteiger partial charge in [-0.3, -0.25) is 4.79 Å². The van der Waals surface area contributed by atoms with Gasteiger partial charge in [-0.05, 0) is 25.1 Å². The zero-order chi connectivity index (χ0) is 19.3. The molecule has 0 unspecified atom stereocenters. The van der Waals surface area contributed by atoms with E-state index in [1.807, 2.05) is 0 Å². The fourth-order valence-electron chi connectivity index (χ4n) is 1.93. The van der Waals surface area contributed by atoms with Gasteiger partial charge >= 0.3 is 5.97 Å². The number of nitrogens with zero attached hydrogens (tertiary/aromatic N) is 1. The highest BCUT2D eigenvalue weighted by molar-refractivity contribution is 6.36. The number of aromatic nitrogens is 1. The van der Waals surface area contributed by atoms with Crippen molar-refractivity contribution in [2.24, 2.45) is 0 Å². The van der Waals surface area contributed by atoms with E-state index in [2.05, 4.69) is 10.3 Å². The van der Waals surface area contributed by atoms with Gasteiger partial charge in [0.1, 0.15) is 11.5 Å². The fraction of sp³-hybridized carbons (Fsp3) is 0.235. The van der Waals surface area contributed by atoms with Crippen LogP contribution in [0.3, 0.4) is 0 Å². The molecule has 0 radical (unpaired) electrons. The highest BCUT2D eigenvalue weighted by atomic mass is 35.5. The second-order valence-corrected chi connectivity index (χ2v) is 5.97. The van der Waals surface area contributed by atoms with Crippen LogP contribution in [-0.4, -0.2) is 37.2 Å². The quantitative estimate of drug-likeness (QED) is 0.748. The zero-order valence-corrected chi connectivity index (χ0v) is 15.7. The molecule has 0 spiro atoms. The molecule has 0 fully saturated rings. The van der Waals surface area contributed by atoms with E-state index in [-0.39, 0.29) is 16.4 Å². The summed E-state index contributed by atoms with van der Waals surface area (Å²) in [4.78, 5) is 28.4. The molecule has 0 aliphatic rings. The van der Waals surface area contributed by atoms with Gasteiger partial charge in [0.15, 0.2) is 11.9 Å². The maximum absolute atomic E-state index is 12.3. The summed E-state index contributed by atoms with van der Waals surface area (Å²) in [6.07, 6.45) is 0.246. The minimum absolute atomic E-state index is 0.118. The van der Waals surface area contributed by atoms with E-state index in [1.165, 1.54) is 45.5 Å². The Kier molecular flexibility index (Phi) is 6.65. The zero-order valence-electron chi connectivity index (χ0n) is 14.2. The number of carbonyl (C=O) groups is 2. The number of rotatable bonds is 6. The van der Waals surface area contributed by atoms with Crippen LogP contribution in [0.1, 0.15) is 17.3 Å². The number of halogens is 2. The van der Waals surface area contributed by atoms with Gasteiger partial charge < -0.3 is 19.5 Å². The maximum atomic E-state index is 12.3. The highest BCUT2D eigenvalue weighted by Crippen LogP contribution is 2.24. The average Bonchev–Trinajstić information content (AvgIpc) is 2.63. The summed E-state index contributed by atoms with van der Waals surface area (Å²) in [5.41, 5.74) is 0.184. The minimum atomic E-state index is -1.09. The number of benzene rings is 1. The number of methoxy groups -OCH3 is 2. The fourth-order valence-corrected chi connectivity index (χ4v) is 2.36. The lowest BCUT2D eigenvalue weighted by molar-refractivity contribution is -0.123. The minimum Gasteiger partial charge on any atom is -0.497 e. The first-order chi connectivity index (χ1) is 12.3. The molecule has 138 valence electrons. The van der Waals surface area contributed by atoms with Crippen molar-refractivity contribution < 1.29 is 23.8 Å². The predicted octanol–water partition coefficient (Wildman–Crippen LogP) is 3.59. The molecule has 0 saturated heterocycles. The van der Waals surface area contributed by atoms with Gasteiger partial charge in [0.25, 0.3) is 5.91 Å². The molecule has 0 aliphatic heterocycles. The Morgan fingerprint density at radius 1 is 1.08 bits per heavy atom. The SMILES string of the molecule is COc1cc(OC)cc(C(=O)O[C@H](C)C(=O)Nc2ncc(Cl)cc2Cl)c1. The summed E-state index contributed by atoms with van der Waals surface area (Å²) in [6.45, 7) is 1.43. The second kappa shape index (κ2) is 8.73. The van der Waals surface area contributed by atoms with E-state index in [4.69, 9.17) is 37.4 Å². The van der Waals surface area contributed by atoms with Gasteiger partial charge in [0.2, 0.25) is 0 Å². The van der Waals surface area contributed by atoms with E-state index < -0.39 is 18.0 Å². The number of pyridine rings is 1. The third-order valence-electron chi connectivity index (χ3n) is 3.29. The molecular weight excluding hydrogens is 383 g/mol. The van der Waals surface area contributed by atoms with Gasteiger partial charge in [-0.1, -0.05) is 23.2 Å². The first kappa shape index (κ1) is 19.8. The van der Waals surface area contributed by atoms with Crippen LogP contribution in [0.5, 0.6) is 11.5 Å². The van der Waals surface area contributed by atoms with Crippen molar-refractivity contribution in [3.63, 3.8) is 0 Å². The first-order valence-corrected chi connectivity index (χ1v) is 8.15. The van der Waals surface area contributed by atoms with Crippen molar-refractivity contribution >= 4 is 40.9 Å². The molecule has 1 aromatic heterocycles. The molecule has 0 saturated carbocycles. The van der Waals surface area contributed by atoms with Crippen LogP contribution in [0.15, 0.2) is 30.5 Å². The molecule has 26 heavy (non-hydrogen) atoms. The van der Waals surface area contributed by atoms with Gasteiger partial charge in [0.05, 0.1) is 29.8 Å². The van der Waals surface area contributed by atoms with Crippen molar-refractivity contribution in [3.05, 3.63) is 46.1 Å². The molecule has 2 rings (SSSR count). The Hall–Kier alpha value is -2.51. The highest BCUT2D eigenvalue weighted by Gasteiger charge is 2.21. The second-order valence-electron chi connectivity index (χ2n) is 5.12. The summed E-state index contributed by atoms with van der Waals surface area (Å²) in [5, 5.41) is 2.97. The number of anilines is 1. The van der Waals surface area contributed by atoms with E-state index in [0.29, 0.717) is 16.5 Å². The number of esters is 1. The number of amides is 1. The van der Waals surface area contributed by atoms with Crippen molar-refractivity contribution in [1.82, 2.24) is 4.98 Å². The Bertz CT molecular complexity index is 807.